The molecule has 1 fully saturated rings. The monoisotopic (exact) mass is 490 g/mol. The molecule has 1 heterocycles. The largest absolute Gasteiger partial charge is 0.493 e. The lowest BCUT2D eigenvalue weighted by atomic mass is 9.79. The minimum Gasteiger partial charge on any atom is -0.481 e. The zero-order valence-corrected chi connectivity index (χ0v) is 19.0. The van der Waals surface area contributed by atoms with Crippen molar-refractivity contribution >= 4 is 21.7 Å². The zero-order valence-electron chi connectivity index (χ0n) is 18.2. The summed E-state index contributed by atoms with van der Waals surface area (Å²) >= 11 is 0. The molecule has 1 aromatic rings. The highest BCUT2D eigenvalue weighted by atomic mass is 32.2. The van der Waals surface area contributed by atoms with Crippen molar-refractivity contribution in [2.45, 2.75) is 37.8 Å². The Labute approximate surface area is 190 Å². The van der Waals surface area contributed by atoms with Crippen LogP contribution in [0.2, 0.25) is 0 Å². The molecule has 0 saturated carbocycles. The summed E-state index contributed by atoms with van der Waals surface area (Å²) in [6, 6.07) is 5.53. The van der Waals surface area contributed by atoms with E-state index in [9.17, 15) is 31.2 Å². The molecule has 12 heteroatoms. The van der Waals surface area contributed by atoms with Gasteiger partial charge >= 0.3 is 12.1 Å². The van der Waals surface area contributed by atoms with Crippen LogP contribution >= 0.6 is 0 Å². The molecule has 0 bridgehead atoms. The van der Waals surface area contributed by atoms with Crippen LogP contribution in [-0.4, -0.2) is 63.4 Å². The number of rotatable bonds is 7. The first-order chi connectivity index (χ1) is 15.4. The van der Waals surface area contributed by atoms with Gasteiger partial charge in [0.15, 0.2) is 9.84 Å². The van der Waals surface area contributed by atoms with Crippen molar-refractivity contribution in [3.05, 3.63) is 24.3 Å². The number of hydrogen-bond donors (Lipinski definition) is 1. The number of piperidine rings is 1. The van der Waals surface area contributed by atoms with Gasteiger partial charge < -0.3 is 14.5 Å². The Hall–Kier alpha value is -2.78. The van der Waals surface area contributed by atoms with E-state index < -0.39 is 39.1 Å². The average Bonchev–Trinajstić information content (AvgIpc) is 2.77. The third-order valence-corrected chi connectivity index (χ3v) is 7.27. The third kappa shape index (κ3) is 7.10. The highest BCUT2D eigenvalue weighted by molar-refractivity contribution is 7.91. The molecule has 8 nitrogen and oxygen atoms in total. The van der Waals surface area contributed by atoms with Crippen LogP contribution in [0.3, 0.4) is 0 Å². The quantitative estimate of drug-likeness (QED) is 0.461. The van der Waals surface area contributed by atoms with Gasteiger partial charge in [-0.25, -0.2) is 13.2 Å². The van der Waals surface area contributed by atoms with Crippen LogP contribution in [0.4, 0.5) is 13.2 Å². The number of nitrogens with zero attached hydrogens (tertiary/aromatic N) is 1. The fourth-order valence-corrected chi connectivity index (χ4v) is 5.24. The van der Waals surface area contributed by atoms with E-state index in [4.69, 9.17) is 4.74 Å². The first-order valence-electron chi connectivity index (χ1n) is 10.1. The molecule has 33 heavy (non-hydrogen) atoms. The fraction of sp³-hybridized carbons (Fsp3) is 0.524. The number of ether oxygens (including phenoxy) is 1. The minimum absolute atomic E-state index is 0.0619. The Morgan fingerprint density at radius 3 is 2.30 bits per heavy atom. The lowest BCUT2D eigenvalue weighted by Crippen LogP contribution is -2.52. The molecule has 0 unspecified atom stereocenters. The van der Waals surface area contributed by atoms with Gasteiger partial charge in [0, 0.05) is 0 Å². The summed E-state index contributed by atoms with van der Waals surface area (Å²) in [6.45, 7) is 5.06. The topological polar surface area (TPSA) is 102 Å². The maximum absolute atomic E-state index is 13.1. The van der Waals surface area contributed by atoms with Gasteiger partial charge in [0.05, 0.1) is 16.1 Å². The lowest BCUT2D eigenvalue weighted by molar-refractivity contribution is -0.208. The predicted octanol–water partition coefficient (Wildman–Crippen LogP) is 2.10. The van der Waals surface area contributed by atoms with Crippen molar-refractivity contribution in [3.63, 3.8) is 0 Å². The van der Waals surface area contributed by atoms with Crippen molar-refractivity contribution in [1.82, 2.24) is 10.4 Å². The molecule has 0 aromatic heterocycles. The van der Waals surface area contributed by atoms with Gasteiger partial charge in [-0.15, -0.1) is 5.92 Å². The van der Waals surface area contributed by atoms with Crippen molar-refractivity contribution in [2.24, 2.45) is 5.41 Å². The summed E-state index contributed by atoms with van der Waals surface area (Å²) in [4.78, 5) is 29.5. The number of amides is 1. The van der Waals surface area contributed by atoms with Gasteiger partial charge in [-0.2, -0.15) is 18.7 Å². The van der Waals surface area contributed by atoms with Gasteiger partial charge in [0.1, 0.15) is 12.4 Å². The van der Waals surface area contributed by atoms with Gasteiger partial charge in [0.25, 0.3) is 5.91 Å². The summed E-state index contributed by atoms with van der Waals surface area (Å²) in [7, 11) is -4.02. The number of benzene rings is 1. The number of likely N-dealkylation sites (tertiary alicyclic amines) is 1. The number of hydroxylamine groups is 1. The molecule has 0 aliphatic carbocycles. The SMILES string of the molecule is CC#CCOc1ccc(S(=O)(=O)CC2(C(=O)NOC(=O)C(F)(F)F)CCN(CC)CC2)cc1. The Kier molecular flexibility index (Phi) is 8.74. The summed E-state index contributed by atoms with van der Waals surface area (Å²) in [5.74, 6) is 1.43. The van der Waals surface area contributed by atoms with Crippen molar-refractivity contribution in [2.75, 3.05) is 32.0 Å². The molecular formula is C21H25F3N2O6S. The molecule has 182 valence electrons. The maximum atomic E-state index is 13.1. The molecule has 1 amide bonds. The Morgan fingerprint density at radius 1 is 1.18 bits per heavy atom. The van der Waals surface area contributed by atoms with Crippen molar-refractivity contribution in [1.29, 1.82) is 0 Å². The van der Waals surface area contributed by atoms with Crippen LogP contribution in [-0.2, 0) is 24.3 Å². The summed E-state index contributed by atoms with van der Waals surface area (Å²) in [6.07, 6.45) is -5.18. The van der Waals surface area contributed by atoms with E-state index in [0.717, 1.165) is 0 Å². The average molecular weight is 491 g/mol. The molecular weight excluding hydrogens is 465 g/mol. The van der Waals surface area contributed by atoms with E-state index in [1.165, 1.54) is 29.7 Å². The standard InChI is InChI=1S/C21H25F3N2O6S/c1-3-5-14-31-16-6-8-17(9-7-16)33(29,30)15-20(10-12-26(4-2)13-11-20)18(27)25-32-19(28)21(22,23)24/h6-9H,4,10-15H2,1-2H3,(H,25,27). The first-order valence-corrected chi connectivity index (χ1v) is 11.7. The molecule has 1 aliphatic heterocycles. The molecule has 0 atom stereocenters. The minimum atomic E-state index is -5.30. The summed E-state index contributed by atoms with van der Waals surface area (Å²) in [5, 5.41) is 0. The Balaban J connectivity index is 2.22. The summed E-state index contributed by atoms with van der Waals surface area (Å²) in [5.41, 5.74) is -0.0473. The van der Waals surface area contributed by atoms with Gasteiger partial charge in [-0.1, -0.05) is 12.8 Å². The molecule has 1 saturated heterocycles. The summed E-state index contributed by atoms with van der Waals surface area (Å²) < 4.78 is 68.8. The second-order valence-electron chi connectivity index (χ2n) is 7.48. The second kappa shape index (κ2) is 10.9. The van der Waals surface area contributed by atoms with E-state index in [2.05, 4.69) is 16.7 Å². The Morgan fingerprint density at radius 2 is 1.79 bits per heavy atom. The second-order valence-corrected chi connectivity index (χ2v) is 9.47. The number of alkyl halides is 3. The predicted molar refractivity (Wildman–Crippen MR) is 112 cm³/mol. The van der Waals surface area contributed by atoms with Crippen LogP contribution in [0, 0.1) is 17.3 Å². The van der Waals surface area contributed by atoms with Crippen molar-refractivity contribution < 1.29 is 40.8 Å². The molecule has 2 rings (SSSR count). The number of hydrogen-bond acceptors (Lipinski definition) is 7. The first kappa shape index (κ1) is 26.5. The number of nitrogens with one attached hydrogen (secondary N) is 1. The van der Waals surface area contributed by atoms with E-state index in [1.54, 1.807) is 6.92 Å². The third-order valence-electron chi connectivity index (χ3n) is 5.35. The van der Waals surface area contributed by atoms with E-state index in [-0.39, 0.29) is 24.3 Å². The van der Waals surface area contributed by atoms with E-state index >= 15 is 0 Å². The van der Waals surface area contributed by atoms with Crippen LogP contribution in [0.25, 0.3) is 0 Å². The number of sulfone groups is 1. The van der Waals surface area contributed by atoms with Crippen LogP contribution in [0.5, 0.6) is 5.75 Å². The van der Waals surface area contributed by atoms with Crippen molar-refractivity contribution in [3.8, 4) is 17.6 Å². The van der Waals surface area contributed by atoms with Crippen LogP contribution in [0.1, 0.15) is 26.7 Å². The normalized spacial score (nSPS) is 16.3. The van der Waals surface area contributed by atoms with Crippen LogP contribution < -0.4 is 10.2 Å². The van der Waals surface area contributed by atoms with Crippen LogP contribution in [0.15, 0.2) is 29.2 Å². The van der Waals surface area contributed by atoms with Gasteiger partial charge in [-0.3, -0.25) is 4.79 Å². The number of carbonyl (C=O) groups excluding carboxylic acids is 2. The molecule has 1 aliphatic rings. The molecule has 1 aromatic carbocycles. The molecule has 1 N–H and O–H groups in total. The van der Waals surface area contributed by atoms with Gasteiger partial charge in [-0.05, 0) is 63.7 Å². The molecule has 0 spiro atoms. The van der Waals surface area contributed by atoms with E-state index in [0.29, 0.717) is 25.4 Å². The number of carbonyl (C=O) groups is 2. The van der Waals surface area contributed by atoms with E-state index in [1.807, 2.05) is 11.8 Å². The number of halogens is 3. The smallest absolute Gasteiger partial charge is 0.481 e. The highest BCUT2D eigenvalue weighted by Gasteiger charge is 2.47. The zero-order chi connectivity index (χ0) is 24.7. The van der Waals surface area contributed by atoms with Gasteiger partial charge in [0.2, 0.25) is 0 Å². The maximum Gasteiger partial charge on any atom is 0.493 e. The highest BCUT2D eigenvalue weighted by Crippen LogP contribution is 2.35. The molecule has 0 radical (unpaired) electrons. The fourth-order valence-electron chi connectivity index (χ4n) is 3.37. The lowest BCUT2D eigenvalue weighted by Gasteiger charge is -2.39. The Bertz CT molecular complexity index is 1010.